The molecule has 0 aliphatic rings. The van der Waals surface area contributed by atoms with Gasteiger partial charge in [0.05, 0.1) is 0 Å². The SMILES string of the molecule is NCCSc1cccc(O)c1. The Labute approximate surface area is 70.4 Å². The second-order valence-electron chi connectivity index (χ2n) is 2.13. The fourth-order valence-electron chi connectivity index (χ4n) is 0.750. The van der Waals surface area contributed by atoms with Crippen LogP contribution in [0.25, 0.3) is 0 Å². The molecule has 0 radical (unpaired) electrons. The summed E-state index contributed by atoms with van der Waals surface area (Å²) in [5.74, 6) is 1.20. The predicted molar refractivity (Wildman–Crippen MR) is 47.9 cm³/mol. The van der Waals surface area contributed by atoms with Crippen molar-refractivity contribution >= 4 is 11.8 Å². The first-order valence-corrected chi connectivity index (χ1v) is 4.43. The summed E-state index contributed by atoms with van der Waals surface area (Å²) in [6.07, 6.45) is 0. The Hall–Kier alpha value is -0.670. The Kier molecular flexibility index (Phi) is 3.26. The number of aromatic hydroxyl groups is 1. The molecule has 0 saturated carbocycles. The van der Waals surface area contributed by atoms with Crippen LogP contribution in [0.5, 0.6) is 5.75 Å². The molecule has 3 N–H and O–H groups in total. The molecule has 0 aliphatic carbocycles. The highest BCUT2D eigenvalue weighted by Gasteiger charge is 1.92. The lowest BCUT2D eigenvalue weighted by atomic mass is 10.3. The third kappa shape index (κ3) is 2.82. The van der Waals surface area contributed by atoms with Gasteiger partial charge in [-0.1, -0.05) is 6.07 Å². The number of rotatable bonds is 3. The first-order chi connectivity index (χ1) is 5.33. The van der Waals surface area contributed by atoms with Crippen LogP contribution in [-0.2, 0) is 0 Å². The van der Waals surface area contributed by atoms with Crippen LogP contribution in [0.3, 0.4) is 0 Å². The molecule has 1 aromatic rings. The molecule has 0 atom stereocenters. The van der Waals surface area contributed by atoms with E-state index < -0.39 is 0 Å². The quantitative estimate of drug-likeness (QED) is 0.673. The Morgan fingerprint density at radius 1 is 1.45 bits per heavy atom. The van der Waals surface area contributed by atoms with Gasteiger partial charge in [0.25, 0.3) is 0 Å². The van der Waals surface area contributed by atoms with E-state index in [0.717, 1.165) is 10.6 Å². The van der Waals surface area contributed by atoms with Crippen LogP contribution in [0, 0.1) is 0 Å². The van der Waals surface area contributed by atoms with E-state index >= 15 is 0 Å². The van der Waals surface area contributed by atoms with Crippen molar-refractivity contribution in [2.24, 2.45) is 5.73 Å². The van der Waals surface area contributed by atoms with E-state index in [2.05, 4.69) is 0 Å². The van der Waals surface area contributed by atoms with Crippen LogP contribution < -0.4 is 5.73 Å². The first-order valence-electron chi connectivity index (χ1n) is 3.45. The molecule has 0 bridgehead atoms. The van der Waals surface area contributed by atoms with Crippen molar-refractivity contribution in [2.45, 2.75) is 4.90 Å². The summed E-state index contributed by atoms with van der Waals surface area (Å²) in [7, 11) is 0. The maximum absolute atomic E-state index is 9.07. The normalized spacial score (nSPS) is 9.91. The van der Waals surface area contributed by atoms with Gasteiger partial charge in [0.15, 0.2) is 0 Å². The average Bonchev–Trinajstić information content (AvgIpc) is 2.01. The molecule has 0 fully saturated rings. The summed E-state index contributed by atoms with van der Waals surface area (Å²) in [5.41, 5.74) is 5.33. The minimum atomic E-state index is 0.312. The van der Waals surface area contributed by atoms with Crippen LogP contribution in [0.2, 0.25) is 0 Å². The smallest absolute Gasteiger partial charge is 0.116 e. The molecule has 0 unspecified atom stereocenters. The van der Waals surface area contributed by atoms with Crippen LogP contribution >= 0.6 is 11.8 Å². The van der Waals surface area contributed by atoms with Crippen LogP contribution in [0.4, 0.5) is 0 Å². The van der Waals surface area contributed by atoms with Crippen LogP contribution in [-0.4, -0.2) is 17.4 Å². The molecule has 0 heterocycles. The van der Waals surface area contributed by atoms with Gasteiger partial charge in [-0.05, 0) is 18.2 Å². The molecule has 0 amide bonds. The van der Waals surface area contributed by atoms with Crippen molar-refractivity contribution < 1.29 is 5.11 Å². The second kappa shape index (κ2) is 4.26. The lowest BCUT2D eigenvalue weighted by Crippen LogP contribution is -2.00. The van der Waals surface area contributed by atoms with Crippen molar-refractivity contribution in [2.75, 3.05) is 12.3 Å². The fraction of sp³-hybridized carbons (Fsp3) is 0.250. The monoisotopic (exact) mass is 169 g/mol. The van der Waals surface area contributed by atoms with Crippen molar-refractivity contribution in [3.63, 3.8) is 0 Å². The van der Waals surface area contributed by atoms with Crippen molar-refractivity contribution in [1.29, 1.82) is 0 Å². The molecule has 2 nitrogen and oxygen atoms in total. The minimum Gasteiger partial charge on any atom is -0.508 e. The first kappa shape index (κ1) is 8.43. The highest BCUT2D eigenvalue weighted by molar-refractivity contribution is 7.99. The maximum Gasteiger partial charge on any atom is 0.116 e. The Morgan fingerprint density at radius 2 is 2.27 bits per heavy atom. The van der Waals surface area contributed by atoms with E-state index in [1.165, 1.54) is 0 Å². The summed E-state index contributed by atoms with van der Waals surface area (Å²) < 4.78 is 0. The molecule has 0 aliphatic heterocycles. The Morgan fingerprint density at radius 3 is 2.91 bits per heavy atom. The zero-order valence-electron chi connectivity index (χ0n) is 6.16. The molecule has 0 spiro atoms. The van der Waals surface area contributed by atoms with E-state index in [0.29, 0.717) is 12.3 Å². The largest absolute Gasteiger partial charge is 0.508 e. The number of phenolic OH excluding ortho intramolecular Hbond substituents is 1. The summed E-state index contributed by atoms with van der Waals surface area (Å²) >= 11 is 1.65. The number of nitrogens with two attached hydrogens (primary N) is 1. The number of phenols is 1. The molecule has 1 aromatic carbocycles. The molecule has 60 valence electrons. The van der Waals surface area contributed by atoms with Gasteiger partial charge in [0.1, 0.15) is 5.75 Å². The third-order valence-electron chi connectivity index (χ3n) is 1.20. The van der Waals surface area contributed by atoms with Gasteiger partial charge in [-0.25, -0.2) is 0 Å². The summed E-state index contributed by atoms with van der Waals surface area (Å²) in [6.45, 7) is 0.667. The number of benzene rings is 1. The van der Waals surface area contributed by atoms with Gasteiger partial charge in [0.2, 0.25) is 0 Å². The Bertz CT molecular complexity index is 227. The third-order valence-corrected chi connectivity index (χ3v) is 2.23. The number of hydrogen-bond acceptors (Lipinski definition) is 3. The standard InChI is InChI=1S/C8H11NOS/c9-4-5-11-8-3-1-2-7(10)6-8/h1-3,6,10H,4-5,9H2. The van der Waals surface area contributed by atoms with Crippen LogP contribution in [0.15, 0.2) is 29.2 Å². The zero-order valence-corrected chi connectivity index (χ0v) is 6.97. The molecule has 0 aromatic heterocycles. The van der Waals surface area contributed by atoms with Gasteiger partial charge in [-0.3, -0.25) is 0 Å². The summed E-state index contributed by atoms with van der Waals surface area (Å²) in [6, 6.07) is 7.18. The topological polar surface area (TPSA) is 46.2 Å². The van der Waals surface area contributed by atoms with E-state index in [1.54, 1.807) is 23.9 Å². The van der Waals surface area contributed by atoms with E-state index in [1.807, 2.05) is 12.1 Å². The van der Waals surface area contributed by atoms with E-state index in [4.69, 9.17) is 10.8 Å². The minimum absolute atomic E-state index is 0.312. The highest BCUT2D eigenvalue weighted by atomic mass is 32.2. The average molecular weight is 169 g/mol. The van der Waals surface area contributed by atoms with Gasteiger partial charge in [-0.2, -0.15) is 0 Å². The van der Waals surface area contributed by atoms with Gasteiger partial charge in [-0.15, -0.1) is 11.8 Å². The van der Waals surface area contributed by atoms with Gasteiger partial charge in [0, 0.05) is 17.2 Å². The van der Waals surface area contributed by atoms with Crippen molar-refractivity contribution in [3.8, 4) is 5.75 Å². The number of hydrogen-bond donors (Lipinski definition) is 2. The van der Waals surface area contributed by atoms with E-state index in [-0.39, 0.29) is 0 Å². The lowest BCUT2D eigenvalue weighted by molar-refractivity contribution is 0.474. The zero-order chi connectivity index (χ0) is 8.10. The fourth-order valence-corrected chi connectivity index (χ4v) is 1.48. The maximum atomic E-state index is 9.07. The van der Waals surface area contributed by atoms with Crippen LogP contribution in [0.1, 0.15) is 0 Å². The molecular weight excluding hydrogens is 158 g/mol. The lowest BCUT2D eigenvalue weighted by Gasteiger charge is -1.98. The summed E-state index contributed by atoms with van der Waals surface area (Å²) in [4.78, 5) is 1.07. The van der Waals surface area contributed by atoms with Crippen molar-refractivity contribution in [1.82, 2.24) is 0 Å². The molecule has 0 saturated heterocycles. The van der Waals surface area contributed by atoms with E-state index in [9.17, 15) is 0 Å². The Balaban J connectivity index is 2.56. The van der Waals surface area contributed by atoms with Gasteiger partial charge >= 0.3 is 0 Å². The van der Waals surface area contributed by atoms with Crippen molar-refractivity contribution in [3.05, 3.63) is 24.3 Å². The number of thioether (sulfide) groups is 1. The molecule has 1 rings (SSSR count). The molecule has 3 heteroatoms. The molecular formula is C8H11NOS. The second-order valence-corrected chi connectivity index (χ2v) is 3.30. The highest BCUT2D eigenvalue weighted by Crippen LogP contribution is 2.20. The van der Waals surface area contributed by atoms with Gasteiger partial charge < -0.3 is 10.8 Å². The summed E-state index contributed by atoms with van der Waals surface area (Å²) in [5, 5.41) is 9.07. The molecule has 11 heavy (non-hydrogen) atoms. The predicted octanol–water partition coefficient (Wildman–Crippen LogP) is 1.44.